The Labute approximate surface area is 216 Å². The van der Waals surface area contributed by atoms with E-state index in [4.69, 9.17) is 4.98 Å². The van der Waals surface area contributed by atoms with Crippen molar-refractivity contribution < 1.29 is 9.59 Å². The summed E-state index contributed by atoms with van der Waals surface area (Å²) in [6, 6.07) is 10.4. The standard InChI is InChI=1S/C27H35N6O2Si/c1-18-13-20-15-28-26(29-21-9-11-32(3)24(34)14-21)30-23(20)17-33(18)25(35)27(36)10-12-31(2)16-22(27)19-7-5-4-6-8-19/h4-8,15,18,21-22H,9-14,16-17H2,1-3H3,(H,28,29,30)/t18-,21-,22-,27+/m1/s1. The molecule has 0 unspecified atom stereocenters. The van der Waals surface area contributed by atoms with E-state index in [1.165, 1.54) is 5.56 Å². The monoisotopic (exact) mass is 503 g/mol. The predicted molar refractivity (Wildman–Crippen MR) is 140 cm³/mol. The third kappa shape index (κ3) is 4.78. The summed E-state index contributed by atoms with van der Waals surface area (Å²) in [4.78, 5) is 41.7. The molecule has 4 atom stereocenters. The van der Waals surface area contributed by atoms with Crippen molar-refractivity contribution in [2.45, 2.75) is 62.2 Å². The summed E-state index contributed by atoms with van der Waals surface area (Å²) in [5.41, 5.74) is 3.15. The minimum Gasteiger partial charge on any atom is -0.351 e. The van der Waals surface area contributed by atoms with Gasteiger partial charge < -0.3 is 20.0 Å². The molecule has 4 heterocycles. The van der Waals surface area contributed by atoms with Gasteiger partial charge in [0.1, 0.15) is 0 Å². The Morgan fingerprint density at radius 2 is 1.94 bits per heavy atom. The molecule has 1 N–H and O–H groups in total. The number of fused-ring (bicyclic) bond motifs is 1. The van der Waals surface area contributed by atoms with E-state index in [2.05, 4.69) is 51.5 Å². The average molecular weight is 504 g/mol. The first-order valence-corrected chi connectivity index (χ1v) is 13.4. The van der Waals surface area contributed by atoms with Crippen LogP contribution in [0.3, 0.4) is 0 Å². The molecule has 3 radical (unpaired) electrons. The van der Waals surface area contributed by atoms with Crippen molar-refractivity contribution in [3.05, 3.63) is 53.3 Å². The van der Waals surface area contributed by atoms with Crippen LogP contribution in [0.2, 0.25) is 5.04 Å². The number of likely N-dealkylation sites (tertiary alicyclic amines) is 2. The molecule has 8 nitrogen and oxygen atoms in total. The lowest BCUT2D eigenvalue weighted by Crippen LogP contribution is -2.53. The highest BCUT2D eigenvalue weighted by atomic mass is 28.1. The fraction of sp³-hybridized carbons (Fsp3) is 0.556. The summed E-state index contributed by atoms with van der Waals surface area (Å²) >= 11 is 0. The van der Waals surface area contributed by atoms with Crippen LogP contribution in [-0.4, -0.2) is 92.5 Å². The molecule has 2 aromatic rings. The van der Waals surface area contributed by atoms with Crippen LogP contribution in [0.1, 0.15) is 48.9 Å². The first-order valence-electron chi connectivity index (χ1n) is 12.9. The summed E-state index contributed by atoms with van der Waals surface area (Å²) in [7, 11) is 8.01. The van der Waals surface area contributed by atoms with E-state index >= 15 is 0 Å². The highest BCUT2D eigenvalue weighted by molar-refractivity contribution is 6.29. The Balaban J connectivity index is 1.36. The Morgan fingerprint density at radius 3 is 2.69 bits per heavy atom. The lowest BCUT2D eigenvalue weighted by molar-refractivity contribution is -0.140. The van der Waals surface area contributed by atoms with Crippen LogP contribution in [-0.2, 0) is 22.6 Å². The fourth-order valence-corrected chi connectivity index (χ4v) is 6.29. The van der Waals surface area contributed by atoms with Crippen molar-refractivity contribution in [1.29, 1.82) is 0 Å². The zero-order chi connectivity index (χ0) is 25.4. The molecule has 5 rings (SSSR count). The van der Waals surface area contributed by atoms with Gasteiger partial charge in [0.2, 0.25) is 17.8 Å². The number of amides is 2. The molecule has 189 valence electrons. The second-order valence-electron chi connectivity index (χ2n) is 10.7. The molecule has 0 saturated carbocycles. The van der Waals surface area contributed by atoms with Crippen LogP contribution in [0.15, 0.2) is 36.5 Å². The maximum absolute atomic E-state index is 14.2. The van der Waals surface area contributed by atoms with E-state index < -0.39 is 5.04 Å². The van der Waals surface area contributed by atoms with Crippen molar-refractivity contribution in [3.8, 4) is 0 Å². The van der Waals surface area contributed by atoms with E-state index in [-0.39, 0.29) is 29.8 Å². The molecule has 1 aromatic heterocycles. The number of benzene rings is 1. The van der Waals surface area contributed by atoms with Crippen LogP contribution in [0, 0.1) is 0 Å². The Morgan fingerprint density at radius 1 is 1.17 bits per heavy atom. The molecule has 3 aliphatic rings. The molecular weight excluding hydrogens is 468 g/mol. The van der Waals surface area contributed by atoms with Gasteiger partial charge in [0.25, 0.3) is 0 Å². The highest BCUT2D eigenvalue weighted by Gasteiger charge is 2.48. The first kappa shape index (κ1) is 24.9. The van der Waals surface area contributed by atoms with Crippen LogP contribution in [0.25, 0.3) is 0 Å². The molecule has 0 spiro atoms. The van der Waals surface area contributed by atoms with Crippen molar-refractivity contribution in [1.82, 2.24) is 24.7 Å². The number of aromatic nitrogens is 2. The van der Waals surface area contributed by atoms with E-state index in [0.29, 0.717) is 18.9 Å². The van der Waals surface area contributed by atoms with Gasteiger partial charge in [0.05, 0.1) is 12.2 Å². The van der Waals surface area contributed by atoms with Crippen LogP contribution in [0.4, 0.5) is 5.95 Å². The van der Waals surface area contributed by atoms with Crippen LogP contribution < -0.4 is 5.32 Å². The van der Waals surface area contributed by atoms with Crippen molar-refractivity contribution in [2.24, 2.45) is 0 Å². The molecule has 2 fully saturated rings. The van der Waals surface area contributed by atoms with Crippen LogP contribution in [0.5, 0.6) is 0 Å². The number of nitrogens with one attached hydrogen (secondary N) is 1. The largest absolute Gasteiger partial charge is 0.351 e. The lowest BCUT2D eigenvalue weighted by Gasteiger charge is -2.48. The molecule has 0 aliphatic carbocycles. The number of hydrogen-bond donors (Lipinski definition) is 1. The van der Waals surface area contributed by atoms with Gasteiger partial charge >= 0.3 is 0 Å². The molecule has 3 aliphatic heterocycles. The molecule has 2 amide bonds. The minimum atomic E-state index is -0.664. The number of rotatable bonds is 4. The zero-order valence-corrected chi connectivity index (χ0v) is 22.4. The third-order valence-electron chi connectivity index (χ3n) is 8.14. The molecule has 0 bridgehead atoms. The topological polar surface area (TPSA) is 81.7 Å². The number of piperidine rings is 2. The van der Waals surface area contributed by atoms with Gasteiger partial charge in [-0.25, -0.2) is 9.97 Å². The van der Waals surface area contributed by atoms with Crippen molar-refractivity contribution in [3.63, 3.8) is 0 Å². The van der Waals surface area contributed by atoms with Gasteiger partial charge in [0.15, 0.2) is 0 Å². The van der Waals surface area contributed by atoms with Gasteiger partial charge in [-0.05, 0) is 50.9 Å². The second kappa shape index (κ2) is 9.93. The van der Waals surface area contributed by atoms with Gasteiger partial charge in [-0.2, -0.15) is 0 Å². The number of carbonyl (C=O) groups excluding carboxylic acids is 2. The van der Waals surface area contributed by atoms with E-state index in [1.807, 2.05) is 36.3 Å². The molecular formula is C27H35N6O2Si. The van der Waals surface area contributed by atoms with Gasteiger partial charge in [-0.1, -0.05) is 30.3 Å². The maximum Gasteiger partial charge on any atom is 0.226 e. The second-order valence-corrected chi connectivity index (χ2v) is 11.6. The first-order chi connectivity index (χ1) is 17.2. The summed E-state index contributed by atoms with van der Waals surface area (Å²) in [6.45, 7) is 4.99. The minimum absolute atomic E-state index is 0.0309. The summed E-state index contributed by atoms with van der Waals surface area (Å²) in [6.07, 6.45) is 4.67. The van der Waals surface area contributed by atoms with Crippen molar-refractivity contribution >= 4 is 28.0 Å². The summed E-state index contributed by atoms with van der Waals surface area (Å²) < 4.78 is 0. The molecule has 1 aromatic carbocycles. The number of anilines is 1. The zero-order valence-electron chi connectivity index (χ0n) is 21.4. The van der Waals surface area contributed by atoms with E-state index in [0.717, 1.165) is 50.2 Å². The quantitative estimate of drug-likeness (QED) is 0.645. The van der Waals surface area contributed by atoms with E-state index in [9.17, 15) is 9.59 Å². The van der Waals surface area contributed by atoms with Crippen LogP contribution >= 0.6 is 0 Å². The molecule has 9 heteroatoms. The Kier molecular flexibility index (Phi) is 6.87. The number of nitrogens with zero attached hydrogens (tertiary/aromatic N) is 5. The lowest BCUT2D eigenvalue weighted by atomic mass is 9.78. The van der Waals surface area contributed by atoms with Crippen molar-refractivity contribution in [2.75, 3.05) is 39.0 Å². The summed E-state index contributed by atoms with van der Waals surface area (Å²) in [5, 5.41) is 2.69. The maximum atomic E-state index is 14.2. The average Bonchev–Trinajstić information content (AvgIpc) is 2.87. The number of hydrogen-bond acceptors (Lipinski definition) is 6. The Bertz CT molecular complexity index is 1130. The third-order valence-corrected chi connectivity index (χ3v) is 8.95. The smallest absolute Gasteiger partial charge is 0.226 e. The molecule has 2 saturated heterocycles. The predicted octanol–water partition coefficient (Wildman–Crippen LogP) is 2.23. The SMILES string of the molecule is C[C@@H]1Cc2cnc(N[C@@H]3CCN(C)C(=O)C3)nc2CN1C(=O)[C@]1([Si])CCN(C)C[C@@H]1c1ccccc1. The Hall–Kier alpha value is -2.78. The summed E-state index contributed by atoms with van der Waals surface area (Å²) in [5.74, 6) is 0.858. The van der Waals surface area contributed by atoms with E-state index in [1.54, 1.807) is 4.90 Å². The van der Waals surface area contributed by atoms with Gasteiger partial charge in [-0.15, -0.1) is 0 Å². The number of carbonyl (C=O) groups is 2. The molecule has 36 heavy (non-hydrogen) atoms. The highest BCUT2D eigenvalue weighted by Crippen LogP contribution is 2.48. The number of likely N-dealkylation sites (N-methyl/N-ethyl adjacent to an activating group) is 1. The fourth-order valence-electron chi connectivity index (χ4n) is 5.77. The van der Waals surface area contributed by atoms with Gasteiger partial charge in [-0.3, -0.25) is 9.59 Å². The normalized spacial score (nSPS) is 29.1. The van der Waals surface area contributed by atoms with Gasteiger partial charge in [0, 0.05) is 66.0 Å².